The van der Waals surface area contributed by atoms with Crippen molar-refractivity contribution in [3.63, 3.8) is 0 Å². The summed E-state index contributed by atoms with van der Waals surface area (Å²) in [6, 6.07) is 3.11. The lowest BCUT2D eigenvalue weighted by molar-refractivity contribution is -0.152. The fourth-order valence-electron chi connectivity index (χ4n) is 2.02. The van der Waals surface area contributed by atoms with Crippen LogP contribution >= 0.6 is 0 Å². The molecule has 0 radical (unpaired) electrons. The molecule has 0 saturated carbocycles. The number of carbonyl (C=O) groups excluding carboxylic acids is 1. The Morgan fingerprint density at radius 1 is 1.33 bits per heavy atom. The molecule has 100 valence electrons. The van der Waals surface area contributed by atoms with Gasteiger partial charge < -0.3 is 10.1 Å². The van der Waals surface area contributed by atoms with Gasteiger partial charge in [0.05, 0.1) is 12.5 Å². The summed E-state index contributed by atoms with van der Waals surface area (Å²) in [7, 11) is 2.94. The second-order valence-corrected chi connectivity index (χ2v) is 4.61. The summed E-state index contributed by atoms with van der Waals surface area (Å²) in [4.78, 5) is 11.7. The molecule has 3 nitrogen and oxygen atoms in total. The van der Waals surface area contributed by atoms with Crippen LogP contribution in [0.15, 0.2) is 18.2 Å². The monoisotopic (exact) mass is 257 g/mol. The SMILES string of the molecule is CNC(c1ccc(F)c(F)c1)C(C)(C)C(=O)OC. The van der Waals surface area contributed by atoms with Crippen LogP contribution in [-0.4, -0.2) is 20.1 Å². The Morgan fingerprint density at radius 2 is 1.94 bits per heavy atom. The maximum atomic E-state index is 13.2. The van der Waals surface area contributed by atoms with Crippen molar-refractivity contribution in [3.8, 4) is 0 Å². The molecule has 0 fully saturated rings. The molecule has 0 bridgehead atoms. The number of nitrogens with one attached hydrogen (secondary N) is 1. The summed E-state index contributed by atoms with van der Waals surface area (Å²) < 4.78 is 30.9. The molecule has 1 rings (SSSR count). The molecule has 1 aromatic rings. The van der Waals surface area contributed by atoms with Crippen LogP contribution in [0.3, 0.4) is 0 Å². The van der Waals surface area contributed by atoms with Gasteiger partial charge in [0, 0.05) is 6.04 Å². The van der Waals surface area contributed by atoms with E-state index in [0.29, 0.717) is 5.56 Å². The minimum Gasteiger partial charge on any atom is -0.469 e. The number of esters is 1. The fourth-order valence-corrected chi connectivity index (χ4v) is 2.02. The molecule has 0 spiro atoms. The standard InChI is InChI=1S/C13H17F2NO2/c1-13(2,12(17)18-4)11(16-3)8-5-6-9(14)10(15)7-8/h5-7,11,16H,1-4H3. The molecule has 0 aliphatic carbocycles. The predicted octanol–water partition coefficient (Wildman–Crippen LogP) is 2.42. The van der Waals surface area contributed by atoms with Crippen LogP contribution in [0.1, 0.15) is 25.5 Å². The lowest BCUT2D eigenvalue weighted by atomic mass is 9.80. The first-order valence-corrected chi connectivity index (χ1v) is 5.55. The van der Waals surface area contributed by atoms with E-state index < -0.39 is 29.1 Å². The first-order chi connectivity index (χ1) is 8.34. The van der Waals surface area contributed by atoms with Gasteiger partial charge in [-0.2, -0.15) is 0 Å². The maximum Gasteiger partial charge on any atom is 0.313 e. The number of carbonyl (C=O) groups is 1. The van der Waals surface area contributed by atoms with Gasteiger partial charge in [0.15, 0.2) is 11.6 Å². The number of methoxy groups -OCH3 is 1. The Balaban J connectivity index is 3.17. The molecule has 18 heavy (non-hydrogen) atoms. The Kier molecular flexibility index (Phi) is 4.40. The lowest BCUT2D eigenvalue weighted by Gasteiger charge is -2.31. The molecule has 0 amide bonds. The molecular formula is C13H17F2NO2. The van der Waals surface area contributed by atoms with Crippen LogP contribution in [-0.2, 0) is 9.53 Å². The van der Waals surface area contributed by atoms with Gasteiger partial charge in [-0.05, 0) is 38.6 Å². The zero-order chi connectivity index (χ0) is 13.9. The smallest absolute Gasteiger partial charge is 0.313 e. The van der Waals surface area contributed by atoms with Crippen LogP contribution in [0.25, 0.3) is 0 Å². The molecule has 1 unspecified atom stereocenters. The number of hydrogen-bond acceptors (Lipinski definition) is 3. The van der Waals surface area contributed by atoms with E-state index in [1.165, 1.54) is 13.2 Å². The molecule has 1 atom stereocenters. The highest BCUT2D eigenvalue weighted by Gasteiger charge is 2.38. The fraction of sp³-hybridized carbons (Fsp3) is 0.462. The van der Waals surface area contributed by atoms with E-state index in [9.17, 15) is 13.6 Å². The van der Waals surface area contributed by atoms with E-state index >= 15 is 0 Å². The maximum absolute atomic E-state index is 13.2. The van der Waals surface area contributed by atoms with Crippen molar-refractivity contribution >= 4 is 5.97 Å². The van der Waals surface area contributed by atoms with Crippen molar-refractivity contribution in [2.24, 2.45) is 5.41 Å². The minimum absolute atomic E-state index is 0.424. The van der Waals surface area contributed by atoms with Crippen LogP contribution in [0.2, 0.25) is 0 Å². The van der Waals surface area contributed by atoms with Gasteiger partial charge >= 0.3 is 5.97 Å². The van der Waals surface area contributed by atoms with Crippen molar-refractivity contribution in [1.29, 1.82) is 0 Å². The summed E-state index contributed by atoms with van der Waals surface area (Å²) in [5.74, 6) is -2.27. The third kappa shape index (κ3) is 2.67. The van der Waals surface area contributed by atoms with Crippen molar-refractivity contribution in [2.45, 2.75) is 19.9 Å². The number of halogens is 2. The molecule has 0 heterocycles. The van der Waals surface area contributed by atoms with E-state index in [2.05, 4.69) is 5.32 Å². The third-order valence-electron chi connectivity index (χ3n) is 3.00. The summed E-state index contributed by atoms with van der Waals surface area (Å²) in [6.45, 7) is 3.36. The average molecular weight is 257 g/mol. The molecule has 0 aromatic heterocycles. The topological polar surface area (TPSA) is 38.3 Å². The van der Waals surface area contributed by atoms with Gasteiger partial charge in [-0.1, -0.05) is 6.07 Å². The Bertz CT molecular complexity index is 447. The van der Waals surface area contributed by atoms with E-state index in [-0.39, 0.29) is 0 Å². The number of hydrogen-bond donors (Lipinski definition) is 1. The molecule has 5 heteroatoms. The predicted molar refractivity (Wildman–Crippen MR) is 64.0 cm³/mol. The lowest BCUT2D eigenvalue weighted by Crippen LogP contribution is -2.39. The molecular weight excluding hydrogens is 240 g/mol. The molecule has 0 saturated heterocycles. The quantitative estimate of drug-likeness (QED) is 0.842. The van der Waals surface area contributed by atoms with Gasteiger partial charge in [-0.25, -0.2) is 8.78 Å². The molecule has 1 N–H and O–H groups in total. The number of ether oxygens (including phenoxy) is 1. The normalized spacial score (nSPS) is 13.2. The van der Waals surface area contributed by atoms with Gasteiger partial charge in [0.25, 0.3) is 0 Å². The van der Waals surface area contributed by atoms with Crippen LogP contribution in [0, 0.1) is 17.0 Å². The first-order valence-electron chi connectivity index (χ1n) is 5.55. The van der Waals surface area contributed by atoms with Gasteiger partial charge in [-0.15, -0.1) is 0 Å². The second-order valence-electron chi connectivity index (χ2n) is 4.61. The third-order valence-corrected chi connectivity index (χ3v) is 3.00. The average Bonchev–Trinajstić information content (AvgIpc) is 2.33. The zero-order valence-electron chi connectivity index (χ0n) is 10.9. The number of rotatable bonds is 4. The molecule has 0 aliphatic heterocycles. The van der Waals surface area contributed by atoms with Crippen LogP contribution in [0.5, 0.6) is 0 Å². The Morgan fingerprint density at radius 3 is 2.39 bits per heavy atom. The summed E-state index contributed by atoms with van der Waals surface area (Å²) >= 11 is 0. The first kappa shape index (κ1) is 14.6. The van der Waals surface area contributed by atoms with Crippen LogP contribution < -0.4 is 5.32 Å². The van der Waals surface area contributed by atoms with Crippen molar-refractivity contribution in [1.82, 2.24) is 5.32 Å². The summed E-state index contributed by atoms with van der Waals surface area (Å²) in [5, 5.41) is 2.93. The highest BCUT2D eigenvalue weighted by molar-refractivity contribution is 5.77. The van der Waals surface area contributed by atoms with Gasteiger partial charge in [0.2, 0.25) is 0 Å². The van der Waals surface area contributed by atoms with Gasteiger partial charge in [0.1, 0.15) is 0 Å². The summed E-state index contributed by atoms with van der Waals surface area (Å²) in [5.41, 5.74) is -0.403. The van der Waals surface area contributed by atoms with Crippen molar-refractivity contribution in [3.05, 3.63) is 35.4 Å². The van der Waals surface area contributed by atoms with E-state index in [0.717, 1.165) is 12.1 Å². The summed E-state index contributed by atoms with van der Waals surface area (Å²) in [6.07, 6.45) is 0. The Hall–Kier alpha value is -1.49. The zero-order valence-corrected chi connectivity index (χ0v) is 10.9. The minimum atomic E-state index is -0.937. The van der Waals surface area contributed by atoms with E-state index in [4.69, 9.17) is 4.74 Å². The van der Waals surface area contributed by atoms with E-state index in [1.807, 2.05) is 0 Å². The molecule has 0 aliphatic rings. The largest absolute Gasteiger partial charge is 0.469 e. The number of benzene rings is 1. The Labute approximate surface area is 105 Å². The molecule has 1 aromatic carbocycles. The highest BCUT2D eigenvalue weighted by Crippen LogP contribution is 2.34. The van der Waals surface area contributed by atoms with Crippen molar-refractivity contribution < 1.29 is 18.3 Å². The second kappa shape index (κ2) is 5.44. The van der Waals surface area contributed by atoms with E-state index in [1.54, 1.807) is 20.9 Å². The van der Waals surface area contributed by atoms with Crippen molar-refractivity contribution in [2.75, 3.05) is 14.2 Å². The highest BCUT2D eigenvalue weighted by atomic mass is 19.2. The van der Waals surface area contributed by atoms with Gasteiger partial charge in [-0.3, -0.25) is 4.79 Å². The van der Waals surface area contributed by atoms with Crippen LogP contribution in [0.4, 0.5) is 8.78 Å².